The molecule has 7 heteroatoms. The average molecular weight is 388 g/mol. The van der Waals surface area contributed by atoms with Crippen molar-refractivity contribution < 1.29 is 9.53 Å². The Bertz CT molecular complexity index is 698. The number of guanidine groups is 1. The summed E-state index contributed by atoms with van der Waals surface area (Å²) in [5, 5.41) is 6.42. The van der Waals surface area contributed by atoms with Gasteiger partial charge in [0.15, 0.2) is 5.96 Å². The van der Waals surface area contributed by atoms with Gasteiger partial charge in [0.2, 0.25) is 0 Å². The van der Waals surface area contributed by atoms with Crippen LogP contribution in [-0.4, -0.2) is 82.2 Å². The lowest BCUT2D eigenvalue weighted by Crippen LogP contribution is -2.41. The maximum atomic E-state index is 12.3. The molecule has 2 saturated heterocycles. The van der Waals surface area contributed by atoms with Crippen molar-refractivity contribution in [1.82, 2.24) is 20.4 Å². The molecule has 0 bridgehead atoms. The number of likely N-dealkylation sites (tertiary alicyclic amines) is 1. The first-order valence-corrected chi connectivity index (χ1v) is 10.1. The van der Waals surface area contributed by atoms with Crippen molar-refractivity contribution in [1.29, 1.82) is 0 Å². The van der Waals surface area contributed by atoms with Crippen molar-refractivity contribution in [3.05, 3.63) is 35.4 Å². The summed E-state index contributed by atoms with van der Waals surface area (Å²) in [6.07, 6.45) is 2.31. The summed E-state index contributed by atoms with van der Waals surface area (Å²) in [7, 11) is 5.81. The van der Waals surface area contributed by atoms with Crippen LogP contribution in [0.1, 0.15) is 28.8 Å². The van der Waals surface area contributed by atoms with Crippen molar-refractivity contribution >= 4 is 11.9 Å². The monoisotopic (exact) mass is 387 g/mol. The number of amides is 1. The maximum absolute atomic E-state index is 12.3. The smallest absolute Gasteiger partial charge is 0.251 e. The van der Waals surface area contributed by atoms with E-state index in [1.807, 2.05) is 50.3 Å². The summed E-state index contributed by atoms with van der Waals surface area (Å²) in [6, 6.07) is 7.77. The first-order chi connectivity index (χ1) is 13.5. The highest BCUT2D eigenvalue weighted by atomic mass is 16.5. The van der Waals surface area contributed by atoms with Gasteiger partial charge in [-0.15, -0.1) is 0 Å². The number of benzene rings is 1. The molecule has 1 spiro atoms. The van der Waals surface area contributed by atoms with E-state index in [0.717, 1.165) is 57.2 Å². The Labute approximate surface area is 168 Å². The molecule has 3 rings (SSSR count). The molecule has 0 saturated carbocycles. The number of ether oxygens (including phenoxy) is 1. The maximum Gasteiger partial charge on any atom is 0.251 e. The Hall–Kier alpha value is -2.12. The minimum atomic E-state index is -0.0317. The summed E-state index contributed by atoms with van der Waals surface area (Å²) >= 11 is 0. The number of nitrogens with zero attached hydrogens (tertiary/aromatic N) is 3. The third-order valence-corrected chi connectivity index (χ3v) is 5.62. The highest BCUT2D eigenvalue weighted by Gasteiger charge is 2.42. The van der Waals surface area contributed by atoms with Crippen LogP contribution in [0.15, 0.2) is 29.3 Å². The molecule has 2 fully saturated rings. The molecule has 2 aliphatic rings. The molecule has 2 N–H and O–H groups in total. The van der Waals surface area contributed by atoms with E-state index in [2.05, 4.69) is 20.5 Å². The van der Waals surface area contributed by atoms with E-state index < -0.39 is 0 Å². The first-order valence-electron chi connectivity index (χ1n) is 10.1. The zero-order valence-corrected chi connectivity index (χ0v) is 17.3. The van der Waals surface area contributed by atoms with Crippen LogP contribution in [0.2, 0.25) is 0 Å². The predicted molar refractivity (Wildman–Crippen MR) is 112 cm³/mol. The lowest BCUT2D eigenvalue weighted by atomic mass is 9.87. The minimum absolute atomic E-state index is 0.0317. The molecular weight excluding hydrogens is 354 g/mol. The van der Waals surface area contributed by atoms with Gasteiger partial charge < -0.3 is 25.2 Å². The Balaban J connectivity index is 1.53. The lowest BCUT2D eigenvalue weighted by Gasteiger charge is -2.25. The molecule has 1 amide bonds. The summed E-state index contributed by atoms with van der Waals surface area (Å²) in [6.45, 7) is 5.87. The molecule has 0 radical (unpaired) electrons. The predicted octanol–water partition coefficient (Wildman–Crippen LogP) is 1.17. The number of carbonyl (C=O) groups is 1. The van der Waals surface area contributed by atoms with E-state index in [1.165, 1.54) is 0 Å². The summed E-state index contributed by atoms with van der Waals surface area (Å²) in [5.74, 6) is 0.889. The second-order valence-electron chi connectivity index (χ2n) is 8.13. The van der Waals surface area contributed by atoms with E-state index in [9.17, 15) is 4.79 Å². The van der Waals surface area contributed by atoms with E-state index in [4.69, 9.17) is 4.74 Å². The molecule has 2 aliphatic heterocycles. The Kier molecular flexibility index (Phi) is 6.91. The van der Waals surface area contributed by atoms with Gasteiger partial charge >= 0.3 is 0 Å². The Morgan fingerprint density at radius 2 is 2.18 bits per heavy atom. The molecule has 28 heavy (non-hydrogen) atoms. The molecule has 2 heterocycles. The van der Waals surface area contributed by atoms with E-state index in [1.54, 1.807) is 0 Å². The Morgan fingerprint density at radius 1 is 1.32 bits per heavy atom. The zero-order valence-electron chi connectivity index (χ0n) is 17.3. The zero-order chi connectivity index (χ0) is 20.0. The summed E-state index contributed by atoms with van der Waals surface area (Å²) in [5.41, 5.74) is 2.07. The SMILES string of the molecule is CN=C(NCc1cccc(C(=O)NCCN(C)C)c1)N1CCC2(CCOC2)C1. The van der Waals surface area contributed by atoms with E-state index >= 15 is 0 Å². The molecule has 0 aliphatic carbocycles. The topological polar surface area (TPSA) is 69.2 Å². The number of hydrogen-bond donors (Lipinski definition) is 2. The van der Waals surface area contributed by atoms with Gasteiger partial charge in [0.1, 0.15) is 0 Å². The normalized spacial score (nSPS) is 22.3. The van der Waals surface area contributed by atoms with Crippen molar-refractivity contribution in [3.63, 3.8) is 0 Å². The standard InChI is InChI=1S/C21H33N5O2/c1-22-20(26-10-7-21(15-26)8-12-28-16-21)24-14-17-5-4-6-18(13-17)19(27)23-9-11-25(2)3/h4-6,13H,7-12,14-16H2,1-3H3,(H,22,24)(H,23,27). The fraction of sp³-hybridized carbons (Fsp3) is 0.619. The number of aliphatic imine (C=N–C) groups is 1. The van der Waals surface area contributed by atoms with Gasteiger partial charge in [0, 0.05) is 57.4 Å². The van der Waals surface area contributed by atoms with Crippen LogP contribution in [0.5, 0.6) is 0 Å². The summed E-state index contributed by atoms with van der Waals surface area (Å²) in [4.78, 5) is 21.2. The number of hydrogen-bond acceptors (Lipinski definition) is 4. The molecule has 7 nitrogen and oxygen atoms in total. The van der Waals surface area contributed by atoms with Crippen molar-refractivity contribution in [2.24, 2.45) is 10.4 Å². The first kappa shape index (κ1) is 20.6. The van der Waals surface area contributed by atoms with Crippen LogP contribution in [0, 0.1) is 5.41 Å². The van der Waals surface area contributed by atoms with Gasteiger partial charge in [0.05, 0.1) is 6.61 Å². The van der Waals surface area contributed by atoms with Crippen LogP contribution in [-0.2, 0) is 11.3 Å². The van der Waals surface area contributed by atoms with Crippen LogP contribution in [0.4, 0.5) is 0 Å². The highest BCUT2D eigenvalue weighted by Crippen LogP contribution is 2.38. The fourth-order valence-corrected chi connectivity index (χ4v) is 3.92. The van der Waals surface area contributed by atoms with Crippen LogP contribution >= 0.6 is 0 Å². The van der Waals surface area contributed by atoms with Gasteiger partial charge in [-0.25, -0.2) is 0 Å². The van der Waals surface area contributed by atoms with E-state index in [0.29, 0.717) is 24.1 Å². The third kappa shape index (κ3) is 5.23. The van der Waals surface area contributed by atoms with Crippen LogP contribution in [0.25, 0.3) is 0 Å². The largest absolute Gasteiger partial charge is 0.381 e. The Morgan fingerprint density at radius 3 is 2.89 bits per heavy atom. The lowest BCUT2D eigenvalue weighted by molar-refractivity contribution is 0.0951. The average Bonchev–Trinajstić information content (AvgIpc) is 3.32. The van der Waals surface area contributed by atoms with Crippen molar-refractivity contribution in [2.45, 2.75) is 19.4 Å². The molecule has 1 aromatic rings. The van der Waals surface area contributed by atoms with Crippen molar-refractivity contribution in [2.75, 3.05) is 60.5 Å². The number of nitrogens with one attached hydrogen (secondary N) is 2. The number of carbonyl (C=O) groups excluding carboxylic acids is 1. The second-order valence-corrected chi connectivity index (χ2v) is 8.13. The molecule has 154 valence electrons. The third-order valence-electron chi connectivity index (χ3n) is 5.62. The van der Waals surface area contributed by atoms with Gasteiger partial charge in [-0.1, -0.05) is 12.1 Å². The molecule has 0 aromatic heterocycles. The van der Waals surface area contributed by atoms with Crippen molar-refractivity contribution in [3.8, 4) is 0 Å². The molecule has 1 atom stereocenters. The van der Waals surface area contributed by atoms with Crippen LogP contribution in [0.3, 0.4) is 0 Å². The molecule has 1 unspecified atom stereocenters. The quantitative estimate of drug-likeness (QED) is 0.566. The molecule has 1 aromatic carbocycles. The van der Waals surface area contributed by atoms with Gasteiger partial charge in [-0.05, 0) is 44.6 Å². The number of rotatable bonds is 6. The van der Waals surface area contributed by atoms with Crippen LogP contribution < -0.4 is 10.6 Å². The van der Waals surface area contributed by atoms with Gasteiger partial charge in [0.25, 0.3) is 5.91 Å². The molecular formula is C21H33N5O2. The fourth-order valence-electron chi connectivity index (χ4n) is 3.92. The number of likely N-dealkylation sites (N-methyl/N-ethyl adjacent to an activating group) is 1. The van der Waals surface area contributed by atoms with Gasteiger partial charge in [-0.2, -0.15) is 0 Å². The second kappa shape index (κ2) is 9.39. The van der Waals surface area contributed by atoms with E-state index in [-0.39, 0.29) is 5.91 Å². The minimum Gasteiger partial charge on any atom is -0.381 e. The van der Waals surface area contributed by atoms with Gasteiger partial charge in [-0.3, -0.25) is 9.79 Å². The highest BCUT2D eigenvalue weighted by molar-refractivity contribution is 5.94. The summed E-state index contributed by atoms with van der Waals surface area (Å²) < 4.78 is 5.62.